The van der Waals surface area contributed by atoms with Gasteiger partial charge in [-0.25, -0.2) is 12.7 Å². The molecular formula is C18H26N4O4S. The Kier molecular flexibility index (Phi) is 6.38. The van der Waals surface area contributed by atoms with Gasteiger partial charge in [0.05, 0.1) is 4.90 Å². The summed E-state index contributed by atoms with van der Waals surface area (Å²) in [6.07, 6.45) is 1.70. The molecule has 0 radical (unpaired) electrons. The highest BCUT2D eigenvalue weighted by molar-refractivity contribution is 7.89. The molecule has 1 heterocycles. The second kappa shape index (κ2) is 8.18. The Bertz CT molecular complexity index is 883. The molecule has 1 N–H and O–H groups in total. The third-order valence-corrected chi connectivity index (χ3v) is 5.81. The molecule has 0 atom stereocenters. The number of hydrogen-bond donors (Lipinski definition) is 1. The first-order chi connectivity index (χ1) is 12.6. The average Bonchev–Trinajstić information content (AvgIpc) is 3.08. The van der Waals surface area contributed by atoms with Crippen LogP contribution in [0.25, 0.3) is 0 Å². The second-order valence-electron chi connectivity index (χ2n) is 7.32. The zero-order valence-electron chi connectivity index (χ0n) is 16.3. The van der Waals surface area contributed by atoms with E-state index in [4.69, 9.17) is 4.42 Å². The van der Waals surface area contributed by atoms with Gasteiger partial charge in [-0.05, 0) is 30.7 Å². The molecule has 27 heavy (non-hydrogen) atoms. The Morgan fingerprint density at radius 2 is 1.81 bits per heavy atom. The molecule has 9 heteroatoms. The molecule has 1 aromatic carbocycles. The standard InChI is InChI=1S/C18H26N4O4S/c1-6-7-12-22(5)27(24,25)14-10-8-13(9-11-14)15(23)19-17-21-20-16(26-17)18(2,3)4/h8-11H,6-7,12H2,1-5H3,(H,19,21,23). The quantitative estimate of drug-likeness (QED) is 0.774. The predicted octanol–water partition coefficient (Wildman–Crippen LogP) is 3.04. The second-order valence-corrected chi connectivity index (χ2v) is 9.37. The van der Waals surface area contributed by atoms with E-state index in [1.807, 2.05) is 27.7 Å². The lowest BCUT2D eigenvalue weighted by atomic mass is 9.97. The maximum atomic E-state index is 12.5. The fourth-order valence-electron chi connectivity index (χ4n) is 2.21. The van der Waals surface area contributed by atoms with Gasteiger partial charge in [0.1, 0.15) is 0 Å². The van der Waals surface area contributed by atoms with Gasteiger partial charge in [-0.15, -0.1) is 5.10 Å². The summed E-state index contributed by atoms with van der Waals surface area (Å²) in [6.45, 7) is 8.21. The summed E-state index contributed by atoms with van der Waals surface area (Å²) in [4.78, 5) is 12.5. The van der Waals surface area contributed by atoms with E-state index in [2.05, 4.69) is 15.5 Å². The first-order valence-electron chi connectivity index (χ1n) is 8.77. The van der Waals surface area contributed by atoms with E-state index in [0.717, 1.165) is 12.8 Å². The van der Waals surface area contributed by atoms with Crippen LogP contribution in [0, 0.1) is 0 Å². The van der Waals surface area contributed by atoms with Gasteiger partial charge in [0.25, 0.3) is 5.91 Å². The topological polar surface area (TPSA) is 105 Å². The van der Waals surface area contributed by atoms with Crippen LogP contribution in [0.2, 0.25) is 0 Å². The molecule has 2 rings (SSSR count). The zero-order chi connectivity index (χ0) is 20.2. The van der Waals surface area contributed by atoms with Crippen molar-refractivity contribution in [2.24, 2.45) is 0 Å². The molecule has 0 unspecified atom stereocenters. The summed E-state index contributed by atoms with van der Waals surface area (Å²) in [5.41, 5.74) is -0.0313. The van der Waals surface area contributed by atoms with Crippen LogP contribution in [0.1, 0.15) is 56.8 Å². The molecule has 2 aromatic rings. The van der Waals surface area contributed by atoms with Gasteiger partial charge < -0.3 is 4.42 Å². The molecule has 0 spiro atoms. The fourth-order valence-corrected chi connectivity index (χ4v) is 3.41. The normalized spacial score (nSPS) is 12.4. The third kappa shape index (κ3) is 5.14. The van der Waals surface area contributed by atoms with Crippen molar-refractivity contribution < 1.29 is 17.6 Å². The van der Waals surface area contributed by atoms with Crippen LogP contribution in [-0.2, 0) is 15.4 Å². The number of amides is 1. The third-order valence-electron chi connectivity index (χ3n) is 3.94. The maximum Gasteiger partial charge on any atom is 0.322 e. The highest BCUT2D eigenvalue weighted by atomic mass is 32.2. The first kappa shape index (κ1) is 21.0. The predicted molar refractivity (Wildman–Crippen MR) is 102 cm³/mol. The number of nitrogens with zero attached hydrogens (tertiary/aromatic N) is 3. The number of benzene rings is 1. The summed E-state index contributed by atoms with van der Waals surface area (Å²) in [5, 5.41) is 10.2. The van der Waals surface area contributed by atoms with E-state index >= 15 is 0 Å². The molecule has 8 nitrogen and oxygen atoms in total. The number of hydrogen-bond acceptors (Lipinski definition) is 6. The Hall–Kier alpha value is -2.26. The number of aromatic nitrogens is 2. The highest BCUT2D eigenvalue weighted by Crippen LogP contribution is 2.22. The molecule has 1 aromatic heterocycles. The Morgan fingerprint density at radius 1 is 1.19 bits per heavy atom. The Balaban J connectivity index is 2.10. The van der Waals surface area contributed by atoms with Gasteiger partial charge >= 0.3 is 6.01 Å². The van der Waals surface area contributed by atoms with Crippen molar-refractivity contribution in [3.05, 3.63) is 35.7 Å². The molecule has 0 fully saturated rings. The van der Waals surface area contributed by atoms with Gasteiger partial charge in [-0.1, -0.05) is 39.2 Å². The maximum absolute atomic E-state index is 12.5. The molecule has 0 saturated heterocycles. The number of nitrogens with one attached hydrogen (secondary N) is 1. The number of unbranched alkanes of at least 4 members (excludes halogenated alkanes) is 1. The smallest absolute Gasteiger partial charge is 0.322 e. The van der Waals surface area contributed by atoms with E-state index in [1.54, 1.807) is 7.05 Å². The number of anilines is 1. The largest absolute Gasteiger partial charge is 0.407 e. The van der Waals surface area contributed by atoms with Crippen molar-refractivity contribution in [3.63, 3.8) is 0 Å². The van der Waals surface area contributed by atoms with Gasteiger partial charge in [-0.3, -0.25) is 10.1 Å². The summed E-state index contributed by atoms with van der Waals surface area (Å²) in [5.74, 6) is -0.0447. The van der Waals surface area contributed by atoms with Gasteiger partial charge in [-0.2, -0.15) is 0 Å². The SMILES string of the molecule is CCCCN(C)S(=O)(=O)c1ccc(C(=O)Nc2nnc(C(C)(C)C)o2)cc1. The van der Waals surface area contributed by atoms with Crippen LogP contribution in [0.5, 0.6) is 0 Å². The minimum atomic E-state index is -3.56. The summed E-state index contributed by atoms with van der Waals surface area (Å²) in [6, 6.07) is 5.75. The van der Waals surface area contributed by atoms with E-state index in [-0.39, 0.29) is 16.3 Å². The lowest BCUT2D eigenvalue weighted by Crippen LogP contribution is -2.28. The van der Waals surface area contributed by atoms with Gasteiger partial charge in [0, 0.05) is 24.6 Å². The van der Waals surface area contributed by atoms with Crippen LogP contribution >= 0.6 is 0 Å². The molecule has 0 aliphatic heterocycles. The zero-order valence-corrected chi connectivity index (χ0v) is 17.1. The molecule has 1 amide bonds. The molecule has 148 valence electrons. The van der Waals surface area contributed by atoms with Gasteiger partial charge in [0.2, 0.25) is 15.9 Å². The van der Waals surface area contributed by atoms with Crippen molar-refractivity contribution >= 4 is 21.9 Å². The number of sulfonamides is 1. The van der Waals surface area contributed by atoms with Crippen molar-refractivity contribution in [2.75, 3.05) is 18.9 Å². The monoisotopic (exact) mass is 394 g/mol. The average molecular weight is 394 g/mol. The van der Waals surface area contributed by atoms with E-state index in [9.17, 15) is 13.2 Å². The summed E-state index contributed by atoms with van der Waals surface area (Å²) < 4.78 is 31.7. The van der Waals surface area contributed by atoms with Crippen molar-refractivity contribution in [3.8, 4) is 0 Å². The van der Waals surface area contributed by atoms with Crippen LogP contribution in [0.3, 0.4) is 0 Å². The molecule has 0 bridgehead atoms. The lowest BCUT2D eigenvalue weighted by molar-refractivity contribution is 0.102. The Morgan fingerprint density at radius 3 is 2.33 bits per heavy atom. The van der Waals surface area contributed by atoms with Crippen LogP contribution in [-0.4, -0.2) is 42.4 Å². The number of carbonyl (C=O) groups is 1. The van der Waals surface area contributed by atoms with Gasteiger partial charge in [0.15, 0.2) is 0 Å². The van der Waals surface area contributed by atoms with Crippen LogP contribution in [0.15, 0.2) is 33.6 Å². The van der Waals surface area contributed by atoms with Crippen molar-refractivity contribution in [1.82, 2.24) is 14.5 Å². The van der Waals surface area contributed by atoms with Crippen LogP contribution < -0.4 is 5.32 Å². The molecule has 0 aliphatic rings. The highest BCUT2D eigenvalue weighted by Gasteiger charge is 2.23. The van der Waals surface area contributed by atoms with E-state index in [0.29, 0.717) is 18.0 Å². The van der Waals surface area contributed by atoms with E-state index < -0.39 is 15.9 Å². The number of carbonyl (C=O) groups excluding carboxylic acids is 1. The van der Waals surface area contributed by atoms with Crippen molar-refractivity contribution in [2.45, 2.75) is 50.8 Å². The molecule has 0 aliphatic carbocycles. The fraction of sp³-hybridized carbons (Fsp3) is 0.500. The Labute approximate surface area is 160 Å². The van der Waals surface area contributed by atoms with E-state index in [1.165, 1.54) is 28.6 Å². The summed E-state index contributed by atoms with van der Waals surface area (Å²) in [7, 11) is -2.02. The minimum Gasteiger partial charge on any atom is -0.407 e. The lowest BCUT2D eigenvalue weighted by Gasteiger charge is -2.16. The van der Waals surface area contributed by atoms with Crippen molar-refractivity contribution in [1.29, 1.82) is 0 Å². The van der Waals surface area contributed by atoms with Crippen LogP contribution in [0.4, 0.5) is 6.01 Å². The molecule has 0 saturated carbocycles. The first-order valence-corrected chi connectivity index (χ1v) is 10.2. The minimum absolute atomic E-state index is 0.000854. The number of rotatable bonds is 7. The molecular weight excluding hydrogens is 368 g/mol. The summed E-state index contributed by atoms with van der Waals surface area (Å²) >= 11 is 0.